The molecule has 1 aliphatic rings. The maximum Gasteiger partial charge on any atom is 0.307 e. The summed E-state index contributed by atoms with van der Waals surface area (Å²) in [4.78, 5) is 33.9. The molecule has 2 amide bonds. The number of amides is 2. The van der Waals surface area contributed by atoms with E-state index in [-0.39, 0.29) is 18.4 Å². The zero-order valence-electron chi connectivity index (χ0n) is 10.5. The topological polar surface area (TPSA) is 95.5 Å². The van der Waals surface area contributed by atoms with Crippen LogP contribution in [0.3, 0.4) is 0 Å². The second kappa shape index (κ2) is 5.20. The van der Waals surface area contributed by atoms with Gasteiger partial charge in [0.1, 0.15) is 0 Å². The molecule has 0 unspecified atom stereocenters. The van der Waals surface area contributed by atoms with Crippen LogP contribution in [0.15, 0.2) is 12.7 Å². The zero-order chi connectivity index (χ0) is 13.9. The highest BCUT2D eigenvalue weighted by atomic mass is 16.4. The lowest BCUT2D eigenvalue weighted by Gasteiger charge is -2.06. The smallest absolute Gasteiger partial charge is 0.307 e. The maximum absolute atomic E-state index is 11.7. The van der Waals surface area contributed by atoms with Crippen molar-refractivity contribution in [3.8, 4) is 0 Å². The van der Waals surface area contributed by atoms with Crippen LogP contribution in [0.5, 0.6) is 0 Å². The molecule has 0 aromatic heterocycles. The van der Waals surface area contributed by atoms with Crippen LogP contribution in [0.25, 0.3) is 0 Å². The third-order valence-electron chi connectivity index (χ3n) is 3.24. The predicted molar refractivity (Wildman–Crippen MR) is 64.6 cm³/mol. The third kappa shape index (κ3) is 2.88. The van der Waals surface area contributed by atoms with E-state index in [4.69, 9.17) is 5.11 Å². The molecule has 6 heteroatoms. The van der Waals surface area contributed by atoms with E-state index < -0.39 is 23.2 Å². The van der Waals surface area contributed by atoms with Gasteiger partial charge in [0.25, 0.3) is 0 Å². The van der Waals surface area contributed by atoms with Crippen LogP contribution in [-0.4, -0.2) is 36.0 Å². The molecular weight excluding hydrogens is 236 g/mol. The fraction of sp³-hybridized carbons (Fsp3) is 0.583. The Kier molecular flexibility index (Phi) is 4.11. The van der Waals surface area contributed by atoms with Gasteiger partial charge in [-0.05, 0) is 5.41 Å². The SMILES string of the molecule is C=CCNC(=O)CNC(=O)[C@H]1[C@@H](C(=O)O)C1(C)C. The highest BCUT2D eigenvalue weighted by Crippen LogP contribution is 2.58. The van der Waals surface area contributed by atoms with Crippen LogP contribution >= 0.6 is 0 Å². The molecule has 0 aliphatic heterocycles. The number of aliphatic carboxylic acids is 1. The van der Waals surface area contributed by atoms with Crippen molar-refractivity contribution in [1.82, 2.24) is 10.6 Å². The van der Waals surface area contributed by atoms with E-state index in [1.54, 1.807) is 13.8 Å². The molecule has 2 atom stereocenters. The van der Waals surface area contributed by atoms with E-state index in [9.17, 15) is 14.4 Å². The van der Waals surface area contributed by atoms with Crippen molar-refractivity contribution in [2.24, 2.45) is 17.3 Å². The summed E-state index contributed by atoms with van der Waals surface area (Å²) in [6, 6.07) is 0. The first-order valence-electron chi connectivity index (χ1n) is 5.70. The summed E-state index contributed by atoms with van der Waals surface area (Å²) in [5.41, 5.74) is -0.548. The van der Waals surface area contributed by atoms with Gasteiger partial charge in [-0.15, -0.1) is 6.58 Å². The summed E-state index contributed by atoms with van der Waals surface area (Å²) in [5, 5.41) is 13.9. The van der Waals surface area contributed by atoms with Gasteiger partial charge in [-0.25, -0.2) is 0 Å². The van der Waals surface area contributed by atoms with Crippen molar-refractivity contribution in [2.75, 3.05) is 13.1 Å². The van der Waals surface area contributed by atoms with Gasteiger partial charge >= 0.3 is 5.97 Å². The van der Waals surface area contributed by atoms with E-state index in [0.29, 0.717) is 6.54 Å². The van der Waals surface area contributed by atoms with E-state index in [2.05, 4.69) is 17.2 Å². The van der Waals surface area contributed by atoms with Gasteiger partial charge in [-0.1, -0.05) is 19.9 Å². The van der Waals surface area contributed by atoms with Crippen LogP contribution in [0, 0.1) is 17.3 Å². The Morgan fingerprint density at radius 2 is 1.89 bits per heavy atom. The standard InChI is InChI=1S/C12H18N2O4/c1-4-5-13-7(15)6-14-10(16)8-9(11(17)18)12(8,2)3/h4,8-9H,1,5-6H2,2-3H3,(H,13,15)(H,14,16)(H,17,18)/t8-,9+/m1/s1. The lowest BCUT2D eigenvalue weighted by atomic mass is 10.1. The van der Waals surface area contributed by atoms with Crippen LogP contribution in [0.2, 0.25) is 0 Å². The number of hydrogen-bond donors (Lipinski definition) is 3. The third-order valence-corrected chi connectivity index (χ3v) is 3.24. The minimum Gasteiger partial charge on any atom is -0.481 e. The molecule has 0 spiro atoms. The summed E-state index contributed by atoms with van der Waals surface area (Å²) in [6.45, 7) is 7.09. The summed E-state index contributed by atoms with van der Waals surface area (Å²) < 4.78 is 0. The van der Waals surface area contributed by atoms with E-state index in [1.165, 1.54) is 6.08 Å². The van der Waals surface area contributed by atoms with Gasteiger partial charge in [0.2, 0.25) is 11.8 Å². The molecule has 0 aromatic rings. The maximum atomic E-state index is 11.7. The largest absolute Gasteiger partial charge is 0.481 e. The first kappa shape index (κ1) is 14.2. The highest BCUT2D eigenvalue weighted by Gasteiger charge is 2.65. The highest BCUT2D eigenvalue weighted by molar-refractivity contribution is 5.93. The Labute approximate surface area is 105 Å². The average molecular weight is 254 g/mol. The summed E-state index contributed by atoms with van der Waals surface area (Å²) in [5.74, 6) is -2.93. The van der Waals surface area contributed by atoms with Crippen molar-refractivity contribution < 1.29 is 19.5 Å². The summed E-state index contributed by atoms with van der Waals surface area (Å²) in [7, 11) is 0. The fourth-order valence-electron chi connectivity index (χ4n) is 2.11. The zero-order valence-corrected chi connectivity index (χ0v) is 10.5. The molecule has 1 aliphatic carbocycles. The number of carboxylic acid groups (broad SMARTS) is 1. The molecule has 3 N–H and O–H groups in total. The van der Waals surface area contributed by atoms with Crippen LogP contribution < -0.4 is 10.6 Å². The molecule has 1 rings (SSSR count). The fourth-order valence-corrected chi connectivity index (χ4v) is 2.11. The number of nitrogens with one attached hydrogen (secondary N) is 2. The summed E-state index contributed by atoms with van der Waals surface area (Å²) in [6.07, 6.45) is 1.53. The minimum absolute atomic E-state index is 0.147. The van der Waals surface area contributed by atoms with Crippen molar-refractivity contribution in [3.63, 3.8) is 0 Å². The molecule has 6 nitrogen and oxygen atoms in total. The normalized spacial score (nSPS) is 23.9. The Hall–Kier alpha value is -1.85. The van der Waals surface area contributed by atoms with Crippen LogP contribution in [-0.2, 0) is 14.4 Å². The van der Waals surface area contributed by atoms with Gasteiger partial charge in [0.05, 0.1) is 18.4 Å². The molecule has 18 heavy (non-hydrogen) atoms. The van der Waals surface area contributed by atoms with Gasteiger partial charge in [0, 0.05) is 6.54 Å². The van der Waals surface area contributed by atoms with E-state index in [1.807, 2.05) is 0 Å². The first-order chi connectivity index (χ1) is 8.32. The second-order valence-corrected chi connectivity index (χ2v) is 4.93. The van der Waals surface area contributed by atoms with Crippen molar-refractivity contribution in [1.29, 1.82) is 0 Å². The summed E-state index contributed by atoms with van der Waals surface area (Å²) >= 11 is 0. The second-order valence-electron chi connectivity index (χ2n) is 4.93. The Bertz CT molecular complexity index is 390. The van der Waals surface area contributed by atoms with E-state index >= 15 is 0 Å². The lowest BCUT2D eigenvalue weighted by Crippen LogP contribution is -2.38. The molecule has 0 saturated heterocycles. The Morgan fingerprint density at radius 3 is 2.33 bits per heavy atom. The van der Waals surface area contributed by atoms with Crippen molar-refractivity contribution in [2.45, 2.75) is 13.8 Å². The minimum atomic E-state index is -0.976. The molecule has 100 valence electrons. The molecule has 1 saturated carbocycles. The van der Waals surface area contributed by atoms with E-state index in [0.717, 1.165) is 0 Å². The number of carbonyl (C=O) groups is 3. The molecule has 0 aromatic carbocycles. The first-order valence-corrected chi connectivity index (χ1v) is 5.70. The van der Waals surface area contributed by atoms with Crippen molar-refractivity contribution >= 4 is 17.8 Å². The number of hydrogen-bond acceptors (Lipinski definition) is 3. The lowest BCUT2D eigenvalue weighted by molar-refractivity contribution is -0.140. The Morgan fingerprint density at radius 1 is 1.28 bits per heavy atom. The molecule has 0 bridgehead atoms. The predicted octanol–water partition coefficient (Wildman–Crippen LogP) is -0.238. The number of rotatable bonds is 6. The molecule has 0 radical (unpaired) electrons. The quantitative estimate of drug-likeness (QED) is 0.570. The van der Waals surface area contributed by atoms with Crippen molar-refractivity contribution in [3.05, 3.63) is 12.7 Å². The molecular formula is C12H18N2O4. The number of carboxylic acids is 1. The average Bonchev–Trinajstić information content (AvgIpc) is 2.86. The molecule has 0 heterocycles. The van der Waals surface area contributed by atoms with Gasteiger partial charge in [0.15, 0.2) is 0 Å². The monoisotopic (exact) mass is 254 g/mol. The van der Waals surface area contributed by atoms with Gasteiger partial charge in [-0.3, -0.25) is 14.4 Å². The van der Waals surface area contributed by atoms with Crippen LogP contribution in [0.1, 0.15) is 13.8 Å². The number of carbonyl (C=O) groups excluding carboxylic acids is 2. The van der Waals surface area contributed by atoms with Gasteiger partial charge < -0.3 is 15.7 Å². The molecule has 1 fully saturated rings. The Balaban J connectivity index is 2.41. The van der Waals surface area contributed by atoms with Gasteiger partial charge in [-0.2, -0.15) is 0 Å². The van der Waals surface area contributed by atoms with Crippen LogP contribution in [0.4, 0.5) is 0 Å².